The Hall–Kier alpha value is -2.65. The van der Waals surface area contributed by atoms with E-state index >= 15 is 0 Å². The van der Waals surface area contributed by atoms with Gasteiger partial charge in [0.1, 0.15) is 0 Å². The van der Waals surface area contributed by atoms with Crippen LogP contribution in [0.4, 0.5) is 0 Å². The van der Waals surface area contributed by atoms with Crippen LogP contribution in [0.15, 0.2) is 0 Å². The molecule has 0 fully saturated rings. The molecular weight excluding hydrogens is 292 g/mol. The Kier molecular flexibility index (Phi) is 5.04. The van der Waals surface area contributed by atoms with Gasteiger partial charge in [-0.2, -0.15) is 0 Å². The molecule has 10 nitrogen and oxygen atoms in total. The first-order chi connectivity index (χ1) is 9.42. The maximum atomic E-state index is 11.5. The summed E-state index contributed by atoms with van der Waals surface area (Å²) in [7, 11) is 0. The van der Waals surface area contributed by atoms with Crippen LogP contribution in [0.3, 0.4) is 0 Å². The van der Waals surface area contributed by atoms with Crippen molar-refractivity contribution in [2.75, 3.05) is 0 Å². The molecule has 0 radical (unpaired) electrons. The van der Waals surface area contributed by atoms with Gasteiger partial charge in [-0.25, -0.2) is 0 Å². The van der Waals surface area contributed by atoms with E-state index in [0.717, 1.165) is 6.92 Å². The molecule has 0 saturated heterocycles. The molecule has 0 aromatic heterocycles. The molecule has 0 spiro atoms. The minimum Gasteiger partial charge on any atom is -0.481 e. The molecule has 0 rings (SSSR count). The lowest BCUT2D eigenvalue weighted by atomic mass is 9.56. The zero-order valence-electron chi connectivity index (χ0n) is 11.1. The molecule has 10 heteroatoms. The smallest absolute Gasteiger partial charge is 0.323 e. The number of carbonyl (C=O) groups is 5. The lowest BCUT2D eigenvalue weighted by Gasteiger charge is -2.39. The van der Waals surface area contributed by atoms with Crippen molar-refractivity contribution in [3.05, 3.63) is 0 Å². The molecule has 21 heavy (non-hydrogen) atoms. The van der Waals surface area contributed by atoms with E-state index in [0.29, 0.717) is 6.92 Å². The summed E-state index contributed by atoms with van der Waals surface area (Å²) in [5, 5.41) is 45.6. The molecule has 1 atom stereocenters. The van der Waals surface area contributed by atoms with Gasteiger partial charge in [0, 0.05) is 0 Å². The van der Waals surface area contributed by atoms with Gasteiger partial charge in [0.25, 0.3) is 0 Å². The highest BCUT2D eigenvalue weighted by molar-refractivity contribution is 6.14. The predicted molar refractivity (Wildman–Crippen MR) is 62.5 cm³/mol. The fourth-order valence-corrected chi connectivity index (χ4v) is 2.26. The van der Waals surface area contributed by atoms with Gasteiger partial charge in [0.2, 0.25) is 5.41 Å². The van der Waals surface area contributed by atoms with Crippen molar-refractivity contribution in [3.63, 3.8) is 0 Å². The fraction of sp³-hybridized carbons (Fsp3) is 0.545. The zero-order valence-corrected chi connectivity index (χ0v) is 11.1. The highest BCUT2D eigenvalue weighted by Crippen LogP contribution is 2.48. The molecule has 0 aliphatic carbocycles. The Morgan fingerprint density at radius 3 is 1.29 bits per heavy atom. The van der Waals surface area contributed by atoms with E-state index in [1.807, 2.05) is 0 Å². The van der Waals surface area contributed by atoms with E-state index in [-0.39, 0.29) is 0 Å². The van der Waals surface area contributed by atoms with Crippen LogP contribution in [-0.4, -0.2) is 55.4 Å². The Morgan fingerprint density at radius 2 is 1.14 bits per heavy atom. The van der Waals surface area contributed by atoms with Gasteiger partial charge in [0.05, 0.1) is 5.92 Å². The summed E-state index contributed by atoms with van der Waals surface area (Å²) >= 11 is 0. The lowest BCUT2D eigenvalue weighted by molar-refractivity contribution is -0.202. The van der Waals surface area contributed by atoms with Crippen molar-refractivity contribution in [1.82, 2.24) is 0 Å². The normalized spacial score (nSPS) is 13.2. The second-order valence-electron chi connectivity index (χ2n) is 4.45. The third-order valence-corrected chi connectivity index (χ3v) is 3.55. The highest BCUT2D eigenvalue weighted by atomic mass is 16.4. The summed E-state index contributed by atoms with van der Waals surface area (Å²) in [5.74, 6) is -13.4. The van der Waals surface area contributed by atoms with Gasteiger partial charge in [-0.05, 0) is 13.3 Å². The second-order valence-corrected chi connectivity index (χ2v) is 4.45. The molecule has 0 saturated carbocycles. The number of aliphatic carboxylic acids is 5. The summed E-state index contributed by atoms with van der Waals surface area (Å²) in [6.07, 6.45) is -0.593. The van der Waals surface area contributed by atoms with Gasteiger partial charge in [-0.1, -0.05) is 6.92 Å². The minimum absolute atomic E-state index is 0.367. The van der Waals surface area contributed by atoms with Crippen LogP contribution in [0.5, 0.6) is 0 Å². The van der Waals surface area contributed by atoms with Gasteiger partial charge in [0.15, 0.2) is 5.41 Å². The number of carboxylic acid groups (broad SMARTS) is 5. The molecule has 0 heterocycles. The van der Waals surface area contributed by atoms with E-state index < -0.39 is 53.0 Å². The third-order valence-electron chi connectivity index (χ3n) is 3.55. The topological polar surface area (TPSA) is 186 Å². The monoisotopic (exact) mass is 306 g/mol. The Balaban J connectivity index is 6.90. The standard InChI is InChI=1S/C11H14O10/c1-3-4(5(12)13)11(8(18)19,9(20)21)10(2,6(14)15)7(16)17/h4H,3H2,1-2H3,(H,12,13)(H,14,15)(H,16,17)(H,18,19)(H,20,21). The number of carboxylic acids is 5. The fourth-order valence-electron chi connectivity index (χ4n) is 2.26. The summed E-state index contributed by atoms with van der Waals surface area (Å²) in [4.78, 5) is 56.6. The van der Waals surface area contributed by atoms with Gasteiger partial charge in [-0.15, -0.1) is 0 Å². The van der Waals surface area contributed by atoms with Crippen molar-refractivity contribution < 1.29 is 49.5 Å². The van der Waals surface area contributed by atoms with Crippen LogP contribution in [0.2, 0.25) is 0 Å². The largest absolute Gasteiger partial charge is 0.481 e. The van der Waals surface area contributed by atoms with Crippen LogP contribution in [0.25, 0.3) is 0 Å². The van der Waals surface area contributed by atoms with Gasteiger partial charge < -0.3 is 25.5 Å². The minimum atomic E-state index is -3.58. The first-order valence-corrected chi connectivity index (χ1v) is 5.58. The van der Waals surface area contributed by atoms with Crippen molar-refractivity contribution in [1.29, 1.82) is 0 Å². The number of hydrogen-bond donors (Lipinski definition) is 5. The maximum Gasteiger partial charge on any atom is 0.323 e. The van der Waals surface area contributed by atoms with E-state index in [1.165, 1.54) is 0 Å². The molecule has 0 aliphatic heterocycles. The van der Waals surface area contributed by atoms with E-state index in [4.69, 9.17) is 15.3 Å². The second kappa shape index (κ2) is 5.77. The van der Waals surface area contributed by atoms with Crippen LogP contribution in [0, 0.1) is 16.7 Å². The Labute approximate surface area is 117 Å². The van der Waals surface area contributed by atoms with Crippen LogP contribution >= 0.6 is 0 Å². The molecule has 0 amide bonds. The number of rotatable bonds is 8. The maximum absolute atomic E-state index is 11.5. The lowest BCUT2D eigenvalue weighted by Crippen LogP contribution is -2.64. The van der Waals surface area contributed by atoms with Crippen LogP contribution in [-0.2, 0) is 24.0 Å². The third kappa shape index (κ3) is 2.28. The summed E-state index contributed by atoms with van der Waals surface area (Å²) in [5.41, 5.74) is -6.96. The SMILES string of the molecule is CCC(C(=O)O)C(C(=O)O)(C(=O)O)C(C)(C(=O)O)C(=O)O. The average molecular weight is 306 g/mol. The molecule has 0 aromatic rings. The van der Waals surface area contributed by atoms with Gasteiger partial charge in [-0.3, -0.25) is 24.0 Å². The molecule has 118 valence electrons. The Bertz CT molecular complexity index is 477. The van der Waals surface area contributed by atoms with Gasteiger partial charge >= 0.3 is 29.8 Å². The zero-order chi connectivity index (χ0) is 17.2. The first kappa shape index (κ1) is 18.4. The van der Waals surface area contributed by atoms with Crippen molar-refractivity contribution in [3.8, 4) is 0 Å². The van der Waals surface area contributed by atoms with E-state index in [9.17, 15) is 34.2 Å². The quantitative estimate of drug-likeness (QED) is 0.363. The van der Waals surface area contributed by atoms with Crippen LogP contribution < -0.4 is 0 Å². The van der Waals surface area contributed by atoms with E-state index in [1.54, 1.807) is 0 Å². The van der Waals surface area contributed by atoms with Crippen molar-refractivity contribution in [2.24, 2.45) is 16.7 Å². The summed E-state index contributed by atoms with van der Waals surface area (Å²) in [6, 6.07) is 0. The summed E-state index contributed by atoms with van der Waals surface area (Å²) in [6.45, 7) is 1.48. The highest BCUT2D eigenvalue weighted by Gasteiger charge is 2.73. The Morgan fingerprint density at radius 1 is 0.810 bits per heavy atom. The summed E-state index contributed by atoms with van der Waals surface area (Å²) < 4.78 is 0. The average Bonchev–Trinajstić information content (AvgIpc) is 2.32. The molecule has 0 aliphatic rings. The number of hydrogen-bond acceptors (Lipinski definition) is 5. The first-order valence-electron chi connectivity index (χ1n) is 5.58. The van der Waals surface area contributed by atoms with Crippen molar-refractivity contribution >= 4 is 29.8 Å². The molecule has 0 aromatic carbocycles. The molecule has 1 unspecified atom stereocenters. The predicted octanol–water partition coefficient (Wildman–Crippen LogP) is -0.572. The van der Waals surface area contributed by atoms with Crippen LogP contribution in [0.1, 0.15) is 20.3 Å². The molecule has 5 N–H and O–H groups in total. The van der Waals surface area contributed by atoms with E-state index in [2.05, 4.69) is 0 Å². The molecular formula is C11H14O10. The molecule has 0 bridgehead atoms. The van der Waals surface area contributed by atoms with Crippen molar-refractivity contribution in [2.45, 2.75) is 20.3 Å².